The first-order valence-corrected chi connectivity index (χ1v) is 5.95. The number of carboxylic acid groups (broad SMARTS) is 1. The molecule has 0 aliphatic carbocycles. The van der Waals surface area contributed by atoms with E-state index in [4.69, 9.17) is 9.84 Å². The van der Waals surface area contributed by atoms with Crippen LogP contribution in [-0.2, 0) is 4.79 Å². The summed E-state index contributed by atoms with van der Waals surface area (Å²) in [4.78, 5) is 33.4. The average Bonchev–Trinajstić information content (AvgIpc) is 2.35. The number of amides is 3. The smallest absolute Gasteiger partial charge is 0.335 e. The molecule has 1 aromatic rings. The molecule has 0 atom stereocenters. The third-order valence-corrected chi connectivity index (χ3v) is 2.12. The maximum atomic E-state index is 11.4. The van der Waals surface area contributed by atoms with Gasteiger partial charge in [0.1, 0.15) is 5.75 Å². The predicted octanol–water partition coefficient (Wildman–Crippen LogP) is 0.998. The number of benzene rings is 1. The van der Waals surface area contributed by atoms with Gasteiger partial charge in [-0.25, -0.2) is 9.59 Å². The van der Waals surface area contributed by atoms with E-state index in [1.54, 1.807) is 13.8 Å². The highest BCUT2D eigenvalue weighted by atomic mass is 16.5. The highest BCUT2D eigenvalue weighted by Crippen LogP contribution is 2.12. The minimum Gasteiger partial charge on any atom is -0.484 e. The van der Waals surface area contributed by atoms with Crippen LogP contribution in [0.4, 0.5) is 4.79 Å². The number of nitrogens with one attached hydrogen (secondary N) is 2. The van der Waals surface area contributed by atoms with Gasteiger partial charge in [0, 0.05) is 6.04 Å². The Morgan fingerprint density at radius 2 is 2.00 bits per heavy atom. The first-order chi connectivity index (χ1) is 9.38. The molecule has 0 bridgehead atoms. The molecule has 0 aliphatic rings. The molecule has 0 unspecified atom stereocenters. The van der Waals surface area contributed by atoms with Gasteiger partial charge in [0.25, 0.3) is 5.91 Å². The van der Waals surface area contributed by atoms with Crippen LogP contribution in [0.3, 0.4) is 0 Å². The number of urea groups is 1. The van der Waals surface area contributed by atoms with E-state index in [0.717, 1.165) is 0 Å². The maximum Gasteiger partial charge on any atom is 0.335 e. The quantitative estimate of drug-likeness (QED) is 0.746. The van der Waals surface area contributed by atoms with Crippen LogP contribution in [0.15, 0.2) is 24.3 Å². The Morgan fingerprint density at radius 3 is 2.60 bits per heavy atom. The van der Waals surface area contributed by atoms with E-state index in [1.165, 1.54) is 24.3 Å². The molecule has 0 heterocycles. The van der Waals surface area contributed by atoms with Crippen LogP contribution in [0.1, 0.15) is 24.2 Å². The summed E-state index contributed by atoms with van der Waals surface area (Å²) >= 11 is 0. The molecule has 7 nitrogen and oxygen atoms in total. The van der Waals surface area contributed by atoms with Crippen LogP contribution in [0, 0.1) is 0 Å². The van der Waals surface area contributed by atoms with Crippen molar-refractivity contribution in [2.75, 3.05) is 6.61 Å². The van der Waals surface area contributed by atoms with Crippen molar-refractivity contribution in [3.8, 4) is 5.75 Å². The number of aromatic carboxylic acids is 1. The van der Waals surface area contributed by atoms with E-state index in [0.29, 0.717) is 0 Å². The summed E-state index contributed by atoms with van der Waals surface area (Å²) < 4.78 is 5.11. The summed E-state index contributed by atoms with van der Waals surface area (Å²) in [6.07, 6.45) is 0. The Labute approximate surface area is 115 Å². The highest BCUT2D eigenvalue weighted by molar-refractivity contribution is 5.95. The molecular formula is C13H16N2O5. The first-order valence-electron chi connectivity index (χ1n) is 5.95. The Morgan fingerprint density at radius 1 is 1.30 bits per heavy atom. The largest absolute Gasteiger partial charge is 0.484 e. The van der Waals surface area contributed by atoms with Gasteiger partial charge in [0.15, 0.2) is 6.61 Å². The molecule has 3 N–H and O–H groups in total. The van der Waals surface area contributed by atoms with E-state index in [2.05, 4.69) is 10.6 Å². The lowest BCUT2D eigenvalue weighted by Crippen LogP contribution is -2.44. The van der Waals surface area contributed by atoms with Crippen molar-refractivity contribution in [2.24, 2.45) is 0 Å². The second-order valence-corrected chi connectivity index (χ2v) is 4.30. The third kappa shape index (κ3) is 5.38. The van der Waals surface area contributed by atoms with Gasteiger partial charge in [-0.15, -0.1) is 0 Å². The fourth-order valence-corrected chi connectivity index (χ4v) is 1.33. The molecular weight excluding hydrogens is 264 g/mol. The van der Waals surface area contributed by atoms with Gasteiger partial charge in [-0.1, -0.05) is 6.07 Å². The van der Waals surface area contributed by atoms with Crippen molar-refractivity contribution in [3.63, 3.8) is 0 Å². The standard InChI is InChI=1S/C13H16N2O5/c1-8(2)14-13(19)15-11(16)7-20-10-5-3-4-9(6-10)12(17)18/h3-6,8H,7H2,1-2H3,(H,17,18)(H2,14,15,16,19). The lowest BCUT2D eigenvalue weighted by atomic mass is 10.2. The molecule has 0 fully saturated rings. The zero-order chi connectivity index (χ0) is 15.1. The monoisotopic (exact) mass is 280 g/mol. The molecule has 1 aromatic carbocycles. The minimum absolute atomic E-state index is 0.0560. The van der Waals surface area contributed by atoms with Crippen LogP contribution in [-0.4, -0.2) is 35.7 Å². The second-order valence-electron chi connectivity index (χ2n) is 4.30. The first kappa shape index (κ1) is 15.5. The molecule has 20 heavy (non-hydrogen) atoms. The summed E-state index contributed by atoms with van der Waals surface area (Å²) in [6, 6.07) is 5.04. The molecule has 0 aromatic heterocycles. The van der Waals surface area contributed by atoms with Gasteiger partial charge in [-0.2, -0.15) is 0 Å². The fourth-order valence-electron chi connectivity index (χ4n) is 1.33. The van der Waals surface area contributed by atoms with Crippen molar-refractivity contribution < 1.29 is 24.2 Å². The fraction of sp³-hybridized carbons (Fsp3) is 0.308. The molecule has 1 rings (SSSR count). The van der Waals surface area contributed by atoms with Crippen LogP contribution >= 0.6 is 0 Å². The van der Waals surface area contributed by atoms with E-state index >= 15 is 0 Å². The normalized spacial score (nSPS) is 9.95. The van der Waals surface area contributed by atoms with Gasteiger partial charge in [0.05, 0.1) is 5.56 Å². The van der Waals surface area contributed by atoms with Crippen molar-refractivity contribution in [3.05, 3.63) is 29.8 Å². The third-order valence-electron chi connectivity index (χ3n) is 2.12. The van der Waals surface area contributed by atoms with Crippen LogP contribution in [0.5, 0.6) is 5.75 Å². The van der Waals surface area contributed by atoms with E-state index < -0.39 is 17.9 Å². The SMILES string of the molecule is CC(C)NC(=O)NC(=O)COc1cccc(C(=O)O)c1. The summed E-state index contributed by atoms with van der Waals surface area (Å²) in [6.45, 7) is 3.14. The Hall–Kier alpha value is -2.57. The van der Waals surface area contributed by atoms with Crippen molar-refractivity contribution in [1.29, 1.82) is 0 Å². The second kappa shape index (κ2) is 7.13. The number of ether oxygens (including phenoxy) is 1. The van der Waals surface area contributed by atoms with Gasteiger partial charge in [0.2, 0.25) is 0 Å². The van der Waals surface area contributed by atoms with Crippen molar-refractivity contribution >= 4 is 17.9 Å². The summed E-state index contributed by atoms with van der Waals surface area (Å²) in [7, 11) is 0. The summed E-state index contributed by atoms with van der Waals surface area (Å²) in [5.41, 5.74) is 0.0560. The molecule has 0 saturated heterocycles. The highest BCUT2D eigenvalue weighted by Gasteiger charge is 2.10. The molecule has 7 heteroatoms. The van der Waals surface area contributed by atoms with Gasteiger partial charge in [-0.05, 0) is 32.0 Å². The molecule has 3 amide bonds. The molecule has 0 aliphatic heterocycles. The summed E-state index contributed by atoms with van der Waals surface area (Å²) in [5.74, 6) is -1.47. The topological polar surface area (TPSA) is 105 Å². The average molecular weight is 280 g/mol. The number of hydrogen-bond donors (Lipinski definition) is 3. The number of carboxylic acids is 1. The van der Waals surface area contributed by atoms with Crippen LogP contribution < -0.4 is 15.4 Å². The molecule has 0 radical (unpaired) electrons. The lowest BCUT2D eigenvalue weighted by molar-refractivity contribution is -0.122. The molecule has 0 saturated carbocycles. The minimum atomic E-state index is -1.09. The number of imide groups is 1. The van der Waals surface area contributed by atoms with Gasteiger partial charge < -0.3 is 15.2 Å². The van der Waals surface area contributed by atoms with Crippen molar-refractivity contribution in [1.82, 2.24) is 10.6 Å². The Balaban J connectivity index is 2.47. The van der Waals surface area contributed by atoms with Crippen LogP contribution in [0.2, 0.25) is 0 Å². The number of carbonyl (C=O) groups is 3. The lowest BCUT2D eigenvalue weighted by Gasteiger charge is -2.10. The number of rotatable bonds is 5. The summed E-state index contributed by atoms with van der Waals surface area (Å²) in [5, 5.41) is 13.4. The Bertz CT molecular complexity index is 513. The van der Waals surface area contributed by atoms with E-state index in [9.17, 15) is 14.4 Å². The number of hydrogen-bond acceptors (Lipinski definition) is 4. The van der Waals surface area contributed by atoms with Gasteiger partial charge >= 0.3 is 12.0 Å². The van der Waals surface area contributed by atoms with E-state index in [-0.39, 0.29) is 24.0 Å². The predicted molar refractivity (Wildman–Crippen MR) is 70.7 cm³/mol. The molecule has 0 spiro atoms. The Kier molecular flexibility index (Phi) is 5.52. The molecule has 108 valence electrons. The zero-order valence-corrected chi connectivity index (χ0v) is 11.2. The maximum absolute atomic E-state index is 11.4. The number of carbonyl (C=O) groups excluding carboxylic acids is 2. The van der Waals surface area contributed by atoms with Crippen LogP contribution in [0.25, 0.3) is 0 Å². The van der Waals surface area contributed by atoms with E-state index in [1.807, 2.05) is 0 Å². The van der Waals surface area contributed by atoms with Crippen molar-refractivity contribution in [2.45, 2.75) is 19.9 Å². The zero-order valence-electron chi connectivity index (χ0n) is 11.2. The van der Waals surface area contributed by atoms with Gasteiger partial charge in [-0.3, -0.25) is 10.1 Å².